The van der Waals surface area contributed by atoms with Gasteiger partial charge < -0.3 is 50.7 Å². The highest BCUT2D eigenvalue weighted by Gasteiger charge is 2.38. The van der Waals surface area contributed by atoms with Crippen molar-refractivity contribution in [1.82, 2.24) is 45.4 Å². The molecule has 0 saturated carbocycles. The number of aromatic hydroxyl groups is 1. The van der Waals surface area contributed by atoms with Crippen molar-refractivity contribution in [2.24, 2.45) is 5.92 Å². The maximum absolute atomic E-state index is 13.8. The number of aromatic amines is 3. The fraction of sp³-hybridized carbons (Fsp3) is 0.317. The number of benzene rings is 2. The highest BCUT2D eigenvalue weighted by Crippen LogP contribution is 2.43. The number of hydrogen-bond acceptors (Lipinski definition) is 8. The number of fused-ring (bicyclic) bond motifs is 1. The Bertz CT molecular complexity index is 2490. The van der Waals surface area contributed by atoms with Crippen molar-refractivity contribution in [3.05, 3.63) is 89.7 Å². The minimum atomic E-state index is -1.28. The summed E-state index contributed by atoms with van der Waals surface area (Å²) in [6.45, 7) is 4.59. The molecule has 300 valence electrons. The first-order valence-corrected chi connectivity index (χ1v) is 20.0. The molecule has 2 fully saturated rings. The third-order valence-electron chi connectivity index (χ3n) is 11.0. The molecule has 2 aliphatic rings. The summed E-state index contributed by atoms with van der Waals surface area (Å²) in [5.74, 6) is 0.450. The Hall–Kier alpha value is -6.62. The third kappa shape index (κ3) is 7.24. The van der Waals surface area contributed by atoms with Gasteiger partial charge in [-0.2, -0.15) is 0 Å². The van der Waals surface area contributed by atoms with E-state index in [1.165, 1.54) is 11.3 Å². The maximum Gasteiger partial charge on any atom is 0.405 e. The Morgan fingerprint density at radius 3 is 2.09 bits per heavy atom. The summed E-state index contributed by atoms with van der Waals surface area (Å²) >= 11 is 1.52. The standard InChI is InChI=1S/C41H43N9O7S/c1-21(2)32(47-40(54)55)38(52)49-14-6-10-29(49)36-43-18-27(45-36)23-12-13-24(31(51)16-23)26-20-58-35-25(17-42-34(26)35)28-19-44-37(46-28)30-11-7-15-50(30)39(53)33(48-41(56)57)22-8-4-3-5-9-22/h3-5,8-9,12-13,16-21,29-30,32-33,42,47-48,51H,6-7,10-11,14-15H2,1-2H3,(H,43,45)(H,44,46)(H,54,55)(H,56,57)/t29?,30?,32-,33+/m0/s1. The molecule has 8 rings (SSSR count). The summed E-state index contributed by atoms with van der Waals surface area (Å²) in [5, 5.41) is 36.9. The Morgan fingerprint density at radius 1 is 0.810 bits per heavy atom. The van der Waals surface area contributed by atoms with Crippen LogP contribution in [0.25, 0.3) is 43.9 Å². The average Bonchev–Trinajstić information content (AvgIpc) is 4.05. The number of amides is 4. The Labute approximate surface area is 336 Å². The SMILES string of the molecule is CC(C)[C@H](NC(=O)O)C(=O)N1CCCC1c1ncc(-c2ccc(-c3csc4c(-c5cnc(C6CCCN6C(=O)[C@H](NC(=O)O)c6ccccc6)[nH]5)c[nH]c34)c(O)c2)[nH]1. The number of nitrogens with one attached hydrogen (secondary N) is 5. The van der Waals surface area contributed by atoms with E-state index in [2.05, 4.69) is 35.6 Å². The molecule has 8 N–H and O–H groups in total. The van der Waals surface area contributed by atoms with Gasteiger partial charge in [0.05, 0.1) is 46.1 Å². The summed E-state index contributed by atoms with van der Waals surface area (Å²) in [6, 6.07) is 11.7. The number of imidazole rings is 2. The molecule has 0 bridgehead atoms. The lowest BCUT2D eigenvalue weighted by molar-refractivity contribution is -0.135. The van der Waals surface area contributed by atoms with Gasteiger partial charge in [0.1, 0.15) is 29.5 Å². The predicted octanol–water partition coefficient (Wildman–Crippen LogP) is 7.01. The number of carbonyl (C=O) groups is 4. The van der Waals surface area contributed by atoms with E-state index in [1.54, 1.807) is 66.4 Å². The second kappa shape index (κ2) is 15.7. The van der Waals surface area contributed by atoms with E-state index < -0.39 is 24.3 Å². The second-order valence-corrected chi connectivity index (χ2v) is 15.9. The molecule has 0 radical (unpaired) electrons. The van der Waals surface area contributed by atoms with Crippen LogP contribution in [0.15, 0.2) is 72.5 Å². The van der Waals surface area contributed by atoms with Crippen molar-refractivity contribution < 1.29 is 34.5 Å². The van der Waals surface area contributed by atoms with Gasteiger partial charge >= 0.3 is 12.2 Å². The van der Waals surface area contributed by atoms with E-state index in [9.17, 15) is 34.5 Å². The molecule has 0 aliphatic carbocycles. The van der Waals surface area contributed by atoms with Crippen LogP contribution in [-0.2, 0) is 9.59 Å². The molecular weight excluding hydrogens is 763 g/mol. The lowest BCUT2D eigenvalue weighted by atomic mass is 10.0. The quantitative estimate of drug-likeness (QED) is 0.0672. The van der Waals surface area contributed by atoms with Crippen LogP contribution < -0.4 is 10.6 Å². The van der Waals surface area contributed by atoms with Crippen LogP contribution in [0.3, 0.4) is 0 Å². The molecule has 2 aliphatic heterocycles. The zero-order valence-corrected chi connectivity index (χ0v) is 32.5. The number of H-pyrrole nitrogens is 3. The first-order valence-electron chi connectivity index (χ1n) is 19.2. The van der Waals surface area contributed by atoms with Crippen molar-refractivity contribution in [2.75, 3.05) is 13.1 Å². The minimum absolute atomic E-state index is 0.0719. The third-order valence-corrected chi connectivity index (χ3v) is 12.1. The van der Waals surface area contributed by atoms with Crippen molar-refractivity contribution in [2.45, 2.75) is 63.7 Å². The van der Waals surface area contributed by atoms with Crippen LogP contribution in [0.1, 0.15) is 74.9 Å². The smallest absolute Gasteiger partial charge is 0.405 e. The number of phenols is 1. The summed E-state index contributed by atoms with van der Waals surface area (Å²) in [6.07, 6.45) is 5.66. The normalized spacial score (nSPS) is 17.8. The number of hydrogen-bond donors (Lipinski definition) is 8. The summed E-state index contributed by atoms with van der Waals surface area (Å²) in [4.78, 5) is 73.1. The van der Waals surface area contributed by atoms with Gasteiger partial charge in [-0.25, -0.2) is 19.6 Å². The van der Waals surface area contributed by atoms with Crippen LogP contribution in [-0.4, -0.2) is 93.2 Å². The number of rotatable bonds is 11. The molecule has 58 heavy (non-hydrogen) atoms. The molecule has 6 aromatic rings. The summed E-state index contributed by atoms with van der Waals surface area (Å²) < 4.78 is 0.954. The van der Waals surface area contributed by atoms with Gasteiger partial charge in [-0.15, -0.1) is 11.3 Å². The van der Waals surface area contributed by atoms with E-state index in [-0.39, 0.29) is 35.6 Å². The molecule has 0 spiro atoms. The number of phenolic OH excluding ortho intramolecular Hbond substituents is 1. The second-order valence-electron chi connectivity index (χ2n) is 15.0. The average molecular weight is 806 g/mol. The van der Waals surface area contributed by atoms with E-state index >= 15 is 0 Å². The van der Waals surface area contributed by atoms with Crippen LogP contribution in [0.2, 0.25) is 0 Å². The minimum Gasteiger partial charge on any atom is -0.507 e. The van der Waals surface area contributed by atoms with Crippen LogP contribution in [0.5, 0.6) is 5.75 Å². The number of likely N-dealkylation sites (tertiary alicyclic amines) is 2. The van der Waals surface area contributed by atoms with Gasteiger partial charge in [0.25, 0.3) is 5.91 Å². The van der Waals surface area contributed by atoms with Gasteiger partial charge in [-0.3, -0.25) is 9.59 Å². The predicted molar refractivity (Wildman–Crippen MR) is 216 cm³/mol. The zero-order valence-electron chi connectivity index (χ0n) is 31.7. The van der Waals surface area contributed by atoms with Gasteiger partial charge in [0.2, 0.25) is 5.91 Å². The van der Waals surface area contributed by atoms with Crippen LogP contribution >= 0.6 is 11.3 Å². The molecule has 4 atom stereocenters. The van der Waals surface area contributed by atoms with E-state index in [0.29, 0.717) is 60.0 Å². The number of carbonyl (C=O) groups excluding carboxylic acids is 2. The number of nitrogens with zero attached hydrogens (tertiary/aromatic N) is 4. The van der Waals surface area contributed by atoms with Crippen molar-refractivity contribution in [3.8, 4) is 39.4 Å². The largest absolute Gasteiger partial charge is 0.507 e. The molecule has 2 aromatic carbocycles. The molecule has 2 saturated heterocycles. The van der Waals surface area contributed by atoms with Crippen LogP contribution in [0, 0.1) is 5.92 Å². The van der Waals surface area contributed by atoms with Crippen molar-refractivity contribution >= 4 is 45.6 Å². The van der Waals surface area contributed by atoms with Gasteiger partial charge in [0.15, 0.2) is 0 Å². The Morgan fingerprint density at radius 2 is 1.45 bits per heavy atom. The van der Waals surface area contributed by atoms with Crippen LogP contribution in [0.4, 0.5) is 9.59 Å². The highest BCUT2D eigenvalue weighted by atomic mass is 32.1. The lowest BCUT2D eigenvalue weighted by Gasteiger charge is -2.29. The van der Waals surface area contributed by atoms with Gasteiger partial charge in [-0.05, 0) is 49.3 Å². The molecule has 4 amide bonds. The molecule has 6 heterocycles. The molecule has 17 heteroatoms. The number of thiophene rings is 1. The lowest BCUT2D eigenvalue weighted by Crippen LogP contribution is -2.50. The fourth-order valence-electron chi connectivity index (χ4n) is 8.21. The fourth-order valence-corrected chi connectivity index (χ4v) is 9.27. The summed E-state index contributed by atoms with van der Waals surface area (Å²) in [7, 11) is 0. The zero-order chi connectivity index (χ0) is 40.7. The van der Waals surface area contributed by atoms with E-state index in [4.69, 9.17) is 0 Å². The van der Waals surface area contributed by atoms with Gasteiger partial charge in [0, 0.05) is 46.9 Å². The maximum atomic E-state index is 13.8. The molecular formula is C41H43N9O7S. The molecule has 2 unspecified atom stereocenters. The monoisotopic (exact) mass is 805 g/mol. The molecule has 4 aromatic heterocycles. The molecule has 16 nitrogen and oxygen atoms in total. The van der Waals surface area contributed by atoms with Crippen molar-refractivity contribution in [1.29, 1.82) is 0 Å². The van der Waals surface area contributed by atoms with Crippen molar-refractivity contribution in [3.63, 3.8) is 0 Å². The van der Waals surface area contributed by atoms with E-state index in [1.807, 2.05) is 29.8 Å². The first-order chi connectivity index (χ1) is 28.0. The van der Waals surface area contributed by atoms with Gasteiger partial charge in [-0.1, -0.05) is 50.2 Å². The first kappa shape index (κ1) is 38.3. The highest BCUT2D eigenvalue weighted by molar-refractivity contribution is 7.18. The number of aromatic nitrogens is 5. The van der Waals surface area contributed by atoms with E-state index in [0.717, 1.165) is 39.9 Å². The summed E-state index contributed by atoms with van der Waals surface area (Å²) in [5.41, 5.74) is 5.88. The topological polar surface area (TPSA) is 233 Å². The Kier molecular flexibility index (Phi) is 10.4. The Balaban J connectivity index is 0.993. The number of carboxylic acid groups (broad SMARTS) is 2.